The fraction of sp³-hybridized carbons (Fsp3) is 0.778. The molecule has 2 saturated heterocycles. The highest BCUT2D eigenvalue weighted by molar-refractivity contribution is 14.0. The number of nitrogens with zero attached hydrogens (tertiary/aromatic N) is 7. The Hall–Kier alpha value is -1.47. The molecule has 1 aromatic heterocycles. The van der Waals surface area contributed by atoms with E-state index in [9.17, 15) is 4.79 Å². The van der Waals surface area contributed by atoms with Gasteiger partial charge in [0.2, 0.25) is 5.91 Å². The number of piperazine rings is 1. The number of amides is 1. The molecule has 164 valence electrons. The van der Waals surface area contributed by atoms with Crippen LogP contribution in [-0.4, -0.2) is 114 Å². The van der Waals surface area contributed by atoms with Gasteiger partial charge in [-0.1, -0.05) is 6.92 Å². The van der Waals surface area contributed by atoms with Crippen LogP contribution in [0.15, 0.2) is 11.3 Å². The maximum atomic E-state index is 12.4. The van der Waals surface area contributed by atoms with E-state index in [0.29, 0.717) is 32.8 Å². The number of ether oxygens (including phenoxy) is 1. The molecule has 2 fully saturated rings. The summed E-state index contributed by atoms with van der Waals surface area (Å²) in [5, 5.41) is 11.5. The van der Waals surface area contributed by atoms with Crippen molar-refractivity contribution in [1.82, 2.24) is 34.8 Å². The van der Waals surface area contributed by atoms with Gasteiger partial charge >= 0.3 is 0 Å². The Kier molecular flexibility index (Phi) is 10.1. The third kappa shape index (κ3) is 6.78. The summed E-state index contributed by atoms with van der Waals surface area (Å²) in [6.07, 6.45) is 2.65. The molecule has 1 N–H and O–H groups in total. The molecule has 3 heterocycles. The average Bonchev–Trinajstić information content (AvgIpc) is 3.20. The lowest BCUT2D eigenvalue weighted by molar-refractivity contribution is -0.136. The summed E-state index contributed by atoms with van der Waals surface area (Å²) in [6, 6.07) is 0. The Balaban J connectivity index is 0.00000300. The lowest BCUT2D eigenvalue weighted by atomic mass is 10.3. The Morgan fingerprint density at radius 1 is 1.17 bits per heavy atom. The molecular formula is C18H33IN8O2. The summed E-state index contributed by atoms with van der Waals surface area (Å²) in [5.74, 6) is 2.11. The number of aryl methyl sites for hydroxylation is 1. The quantitative estimate of drug-likeness (QED) is 0.308. The molecule has 0 atom stereocenters. The van der Waals surface area contributed by atoms with Crippen LogP contribution in [0, 0.1) is 0 Å². The molecule has 0 unspecified atom stereocenters. The van der Waals surface area contributed by atoms with Gasteiger partial charge in [-0.3, -0.25) is 14.7 Å². The number of halogens is 1. The van der Waals surface area contributed by atoms with Crippen molar-refractivity contribution in [1.29, 1.82) is 0 Å². The molecule has 0 radical (unpaired) electrons. The van der Waals surface area contributed by atoms with Crippen molar-refractivity contribution in [3.63, 3.8) is 0 Å². The average molecular weight is 520 g/mol. The minimum Gasteiger partial charge on any atom is -0.378 e. The number of guanidine groups is 1. The lowest BCUT2D eigenvalue weighted by Crippen LogP contribution is -2.55. The van der Waals surface area contributed by atoms with Gasteiger partial charge in [0.25, 0.3) is 0 Å². The Morgan fingerprint density at radius 3 is 2.55 bits per heavy atom. The summed E-state index contributed by atoms with van der Waals surface area (Å²) in [5.41, 5.74) is 0. The summed E-state index contributed by atoms with van der Waals surface area (Å²) >= 11 is 0. The highest BCUT2D eigenvalue weighted by Crippen LogP contribution is 2.05. The second-order valence-corrected chi connectivity index (χ2v) is 7.02. The van der Waals surface area contributed by atoms with Crippen LogP contribution in [0.3, 0.4) is 0 Å². The zero-order valence-corrected chi connectivity index (χ0v) is 19.7. The molecule has 2 aliphatic heterocycles. The van der Waals surface area contributed by atoms with E-state index < -0.39 is 0 Å². The zero-order valence-electron chi connectivity index (χ0n) is 17.4. The van der Waals surface area contributed by atoms with E-state index >= 15 is 0 Å². The zero-order chi connectivity index (χ0) is 19.8. The van der Waals surface area contributed by atoms with Crippen molar-refractivity contribution in [2.75, 3.05) is 72.6 Å². The molecule has 10 nitrogen and oxygen atoms in total. The van der Waals surface area contributed by atoms with Crippen molar-refractivity contribution in [2.45, 2.75) is 19.9 Å². The van der Waals surface area contributed by atoms with Crippen LogP contribution in [0.4, 0.5) is 0 Å². The third-order valence-corrected chi connectivity index (χ3v) is 5.25. The Labute approximate surface area is 189 Å². The second kappa shape index (κ2) is 12.3. The van der Waals surface area contributed by atoms with Gasteiger partial charge < -0.3 is 24.4 Å². The van der Waals surface area contributed by atoms with Crippen LogP contribution in [-0.2, 0) is 22.5 Å². The number of nitrogens with one attached hydrogen (secondary N) is 1. The van der Waals surface area contributed by atoms with Crippen LogP contribution >= 0.6 is 24.0 Å². The van der Waals surface area contributed by atoms with Crippen molar-refractivity contribution in [2.24, 2.45) is 4.99 Å². The van der Waals surface area contributed by atoms with E-state index in [4.69, 9.17) is 4.74 Å². The number of carbonyl (C=O) groups is 1. The van der Waals surface area contributed by atoms with Gasteiger partial charge in [-0.05, 0) is 0 Å². The molecule has 1 amide bonds. The predicted octanol–water partition coefficient (Wildman–Crippen LogP) is -0.490. The number of hydrogen-bond donors (Lipinski definition) is 1. The fourth-order valence-corrected chi connectivity index (χ4v) is 3.58. The van der Waals surface area contributed by atoms with Gasteiger partial charge in [0.15, 0.2) is 5.96 Å². The summed E-state index contributed by atoms with van der Waals surface area (Å²) in [4.78, 5) is 23.2. The molecule has 0 aromatic carbocycles. The molecule has 0 aliphatic carbocycles. The largest absolute Gasteiger partial charge is 0.378 e. The van der Waals surface area contributed by atoms with E-state index in [1.165, 1.54) is 0 Å². The fourth-order valence-electron chi connectivity index (χ4n) is 3.58. The minimum atomic E-state index is 0. The Bertz CT molecular complexity index is 654. The third-order valence-electron chi connectivity index (χ3n) is 5.25. The molecule has 11 heteroatoms. The van der Waals surface area contributed by atoms with Crippen molar-refractivity contribution < 1.29 is 9.53 Å². The van der Waals surface area contributed by atoms with E-state index in [0.717, 1.165) is 57.5 Å². The van der Waals surface area contributed by atoms with E-state index in [1.807, 2.05) is 11.9 Å². The van der Waals surface area contributed by atoms with Gasteiger partial charge in [0.1, 0.15) is 12.2 Å². The first-order valence-corrected chi connectivity index (χ1v) is 10.1. The summed E-state index contributed by atoms with van der Waals surface area (Å²) < 4.78 is 7.38. The maximum absolute atomic E-state index is 12.4. The second-order valence-electron chi connectivity index (χ2n) is 7.02. The van der Waals surface area contributed by atoms with Crippen LogP contribution in [0.1, 0.15) is 12.7 Å². The smallest absolute Gasteiger partial charge is 0.236 e. The lowest BCUT2D eigenvalue weighted by Gasteiger charge is -2.37. The van der Waals surface area contributed by atoms with Crippen LogP contribution in [0.2, 0.25) is 0 Å². The van der Waals surface area contributed by atoms with E-state index in [2.05, 4.69) is 41.8 Å². The van der Waals surface area contributed by atoms with Gasteiger partial charge in [-0.25, -0.2) is 0 Å². The summed E-state index contributed by atoms with van der Waals surface area (Å²) in [7, 11) is 1.81. The SMILES string of the molecule is CCc1nncn1CCNC(=NC)N1CCN(CC(=O)N2CCOCC2)CC1.I. The van der Waals surface area contributed by atoms with Gasteiger partial charge in [0.05, 0.1) is 19.8 Å². The molecule has 2 aliphatic rings. The van der Waals surface area contributed by atoms with Crippen molar-refractivity contribution in [3.8, 4) is 0 Å². The first kappa shape index (κ1) is 23.8. The maximum Gasteiger partial charge on any atom is 0.236 e. The molecule has 0 bridgehead atoms. The molecular weight excluding hydrogens is 487 g/mol. The van der Waals surface area contributed by atoms with Gasteiger partial charge in [-0.15, -0.1) is 34.2 Å². The molecule has 1 aromatic rings. The number of hydrogen-bond acceptors (Lipinski definition) is 6. The van der Waals surface area contributed by atoms with Crippen LogP contribution in [0.5, 0.6) is 0 Å². The number of rotatable bonds is 6. The van der Waals surface area contributed by atoms with Crippen LogP contribution < -0.4 is 5.32 Å². The topological polar surface area (TPSA) is 91.1 Å². The van der Waals surface area contributed by atoms with Crippen LogP contribution in [0.25, 0.3) is 0 Å². The Morgan fingerprint density at radius 2 is 1.90 bits per heavy atom. The number of aliphatic imine (C=N–C) groups is 1. The summed E-state index contributed by atoms with van der Waals surface area (Å²) in [6.45, 7) is 10.3. The first-order valence-electron chi connectivity index (χ1n) is 10.1. The standard InChI is InChI=1S/C18H32N8O2.HI/c1-3-16-22-21-15-26(16)5-4-20-18(19-2)25-8-6-23(7-9-25)14-17(27)24-10-12-28-13-11-24;/h15H,3-14H2,1-2H3,(H,19,20);1H. The van der Waals surface area contributed by atoms with E-state index in [1.54, 1.807) is 6.33 Å². The highest BCUT2D eigenvalue weighted by atomic mass is 127. The van der Waals surface area contributed by atoms with Crippen molar-refractivity contribution in [3.05, 3.63) is 12.2 Å². The van der Waals surface area contributed by atoms with Gasteiger partial charge in [0, 0.05) is 65.8 Å². The normalized spacial score (nSPS) is 18.5. The minimum absolute atomic E-state index is 0. The number of carbonyl (C=O) groups excluding carboxylic acids is 1. The number of morpholine rings is 1. The van der Waals surface area contributed by atoms with E-state index in [-0.39, 0.29) is 29.9 Å². The number of aromatic nitrogens is 3. The molecule has 3 rings (SSSR count). The monoisotopic (exact) mass is 520 g/mol. The van der Waals surface area contributed by atoms with Gasteiger partial charge in [-0.2, -0.15) is 0 Å². The predicted molar refractivity (Wildman–Crippen MR) is 122 cm³/mol. The van der Waals surface area contributed by atoms with Crippen molar-refractivity contribution >= 4 is 35.8 Å². The highest BCUT2D eigenvalue weighted by Gasteiger charge is 2.24. The molecule has 0 spiro atoms. The molecule has 0 saturated carbocycles. The first-order chi connectivity index (χ1) is 13.7. The molecule has 29 heavy (non-hydrogen) atoms.